The molecular formula is C5H6F3I2NO3S2. The van der Waals surface area contributed by atoms with Crippen molar-refractivity contribution in [2.45, 2.75) is 12.0 Å². The molecule has 16 heavy (non-hydrogen) atoms. The van der Waals surface area contributed by atoms with Gasteiger partial charge in [0.2, 0.25) is 0 Å². The van der Waals surface area contributed by atoms with Crippen LogP contribution in [0.1, 0.15) is 0 Å². The molecule has 0 radical (unpaired) electrons. The van der Waals surface area contributed by atoms with Crippen LogP contribution >= 0.6 is 45.2 Å². The molecule has 11 heteroatoms. The molecule has 0 saturated carbocycles. The molecule has 0 aromatic rings. The van der Waals surface area contributed by atoms with E-state index in [4.69, 9.17) is 0 Å². The zero-order valence-electron chi connectivity index (χ0n) is 7.45. The average molecular weight is 503 g/mol. The summed E-state index contributed by atoms with van der Waals surface area (Å²) in [7, 11) is -6.61. The average Bonchev–Trinajstić information content (AvgIpc) is 2.11. The van der Waals surface area contributed by atoms with Gasteiger partial charge in [-0.3, -0.25) is 4.21 Å². The summed E-state index contributed by atoms with van der Waals surface area (Å²) in [6.07, 6.45) is 0. The Hall–Kier alpha value is 1.31. The van der Waals surface area contributed by atoms with Gasteiger partial charge in [0.1, 0.15) is 6.51 Å². The van der Waals surface area contributed by atoms with Gasteiger partial charge in [-0.25, -0.2) is 8.42 Å². The van der Waals surface area contributed by atoms with Crippen molar-refractivity contribution in [2.75, 3.05) is 13.1 Å². The van der Waals surface area contributed by atoms with Crippen LogP contribution in [0.5, 0.6) is 0 Å². The zero-order chi connectivity index (χ0) is 12.7. The first-order valence-corrected chi connectivity index (χ1v) is 9.02. The normalized spacial score (nSPS) is 33.9. The number of nitrogens with zero attached hydrogens (tertiary/aromatic N) is 1. The van der Waals surface area contributed by atoms with Crippen molar-refractivity contribution in [3.8, 4) is 0 Å². The third-order valence-electron chi connectivity index (χ3n) is 1.83. The van der Waals surface area contributed by atoms with Crippen molar-refractivity contribution in [1.82, 2.24) is 4.31 Å². The summed E-state index contributed by atoms with van der Waals surface area (Å²) in [6.45, 7) is -0.733. The summed E-state index contributed by atoms with van der Waals surface area (Å²) in [5, 5.41) is 0. The fourth-order valence-electron chi connectivity index (χ4n) is 1.04. The third-order valence-corrected chi connectivity index (χ3v) is 8.50. The first-order chi connectivity index (χ1) is 7.07. The third kappa shape index (κ3) is 3.00. The summed E-state index contributed by atoms with van der Waals surface area (Å²) in [5.41, 5.74) is -5.29. The highest BCUT2D eigenvalue weighted by Gasteiger charge is 2.52. The van der Waals surface area contributed by atoms with Crippen LogP contribution in [0.15, 0.2) is 0 Å². The number of halogens is 5. The Balaban J connectivity index is 2.97. The van der Waals surface area contributed by atoms with Crippen LogP contribution in [-0.2, 0) is 20.8 Å². The highest BCUT2D eigenvalue weighted by atomic mass is 127. The van der Waals surface area contributed by atoms with E-state index in [9.17, 15) is 25.8 Å². The van der Waals surface area contributed by atoms with Gasteiger partial charge in [-0.15, -0.1) is 0 Å². The minimum atomic E-state index is -5.30. The van der Waals surface area contributed by atoms with Crippen molar-refractivity contribution in [1.29, 1.82) is 0 Å². The summed E-state index contributed by atoms with van der Waals surface area (Å²) in [6, 6.07) is 0. The fourth-order valence-corrected chi connectivity index (χ4v) is 8.49. The maximum atomic E-state index is 12.3. The lowest BCUT2D eigenvalue weighted by atomic mass is 10.6. The van der Waals surface area contributed by atoms with Crippen molar-refractivity contribution in [3.05, 3.63) is 0 Å². The van der Waals surface area contributed by atoms with Crippen molar-refractivity contribution >= 4 is 66.0 Å². The molecule has 0 amide bonds. The second kappa shape index (κ2) is 5.13. The second-order valence-electron chi connectivity index (χ2n) is 2.92. The molecule has 0 aliphatic carbocycles. The predicted octanol–water partition coefficient (Wildman–Crippen LogP) is 1.42. The maximum Gasteiger partial charge on any atom is 0.511 e. The monoisotopic (exact) mass is 503 g/mol. The van der Waals surface area contributed by atoms with Crippen LogP contribution in [-0.4, -0.2) is 42.0 Å². The molecular weight excluding hydrogens is 497 g/mol. The molecule has 4 nitrogen and oxygen atoms in total. The van der Waals surface area contributed by atoms with Crippen molar-refractivity contribution in [2.24, 2.45) is 0 Å². The maximum absolute atomic E-state index is 12.3. The largest absolute Gasteiger partial charge is 0.511 e. The minimum absolute atomic E-state index is 0.350. The van der Waals surface area contributed by atoms with Gasteiger partial charge >= 0.3 is 15.5 Å². The molecule has 0 aromatic carbocycles. The summed E-state index contributed by atoms with van der Waals surface area (Å²) in [4.78, 5) is 0. The van der Waals surface area contributed by atoms with Crippen molar-refractivity contribution < 1.29 is 25.8 Å². The van der Waals surface area contributed by atoms with E-state index in [-0.39, 0.29) is 13.1 Å². The van der Waals surface area contributed by atoms with E-state index >= 15 is 0 Å². The number of sulfonamides is 1. The Morgan fingerprint density at radius 1 is 1.19 bits per heavy atom. The lowest BCUT2D eigenvalue weighted by molar-refractivity contribution is -0.0487. The lowest BCUT2D eigenvalue weighted by Gasteiger charge is -2.32. The van der Waals surface area contributed by atoms with Gasteiger partial charge < -0.3 is 0 Å². The van der Waals surface area contributed by atoms with E-state index in [0.29, 0.717) is 4.31 Å². The molecule has 0 aromatic heterocycles. The van der Waals surface area contributed by atoms with E-state index in [0.717, 1.165) is 0 Å². The van der Waals surface area contributed by atoms with Crippen LogP contribution in [0.4, 0.5) is 13.2 Å². The molecule has 1 fully saturated rings. The quantitative estimate of drug-likeness (QED) is 0.402. The van der Waals surface area contributed by atoms with Gasteiger partial charge in [-0.1, -0.05) is 45.2 Å². The Morgan fingerprint density at radius 2 is 1.56 bits per heavy atom. The van der Waals surface area contributed by atoms with Crippen LogP contribution in [0, 0.1) is 0 Å². The molecule has 2 unspecified atom stereocenters. The van der Waals surface area contributed by atoms with E-state index < -0.39 is 32.8 Å². The number of hydrogen-bond donors (Lipinski definition) is 0. The predicted molar refractivity (Wildman–Crippen MR) is 70.3 cm³/mol. The Labute approximate surface area is 120 Å². The molecule has 0 spiro atoms. The molecule has 1 saturated heterocycles. The van der Waals surface area contributed by atoms with Gasteiger partial charge in [0, 0.05) is 23.9 Å². The molecule has 1 heterocycles. The van der Waals surface area contributed by atoms with Gasteiger partial charge in [-0.05, 0) is 0 Å². The first kappa shape index (κ1) is 15.4. The van der Waals surface area contributed by atoms with Gasteiger partial charge in [-0.2, -0.15) is 17.5 Å². The van der Waals surface area contributed by atoms with Crippen LogP contribution in [0.25, 0.3) is 0 Å². The standard InChI is InChI=1S/C5H6F3I2NO3S2/c6-5(7,8)16(13,14)11-1-3(9)15(12)4(10)2-11/h3-4H,1-2H2. The number of rotatable bonds is 1. The second-order valence-corrected chi connectivity index (χ2v) is 11.3. The fraction of sp³-hybridized carbons (Fsp3) is 1.00. The first-order valence-electron chi connectivity index (χ1n) is 3.81. The van der Waals surface area contributed by atoms with Crippen molar-refractivity contribution in [3.63, 3.8) is 0 Å². The van der Waals surface area contributed by atoms with Crippen LogP contribution in [0.3, 0.4) is 0 Å². The number of alkyl halides is 5. The SMILES string of the molecule is O=S1C(I)CN(S(=O)(=O)C(F)(F)F)CC1I. The Bertz CT molecular complexity index is 384. The molecule has 2 atom stereocenters. The van der Waals surface area contributed by atoms with Gasteiger partial charge in [0.05, 0.1) is 0 Å². The molecule has 0 N–H and O–H groups in total. The number of hydrogen-bond acceptors (Lipinski definition) is 3. The van der Waals surface area contributed by atoms with Crippen LogP contribution in [0.2, 0.25) is 0 Å². The molecule has 96 valence electrons. The summed E-state index contributed by atoms with van der Waals surface area (Å²) < 4.78 is 69.5. The van der Waals surface area contributed by atoms with Gasteiger partial charge in [0.25, 0.3) is 0 Å². The Kier molecular flexibility index (Phi) is 4.92. The molecule has 0 bridgehead atoms. The van der Waals surface area contributed by atoms with E-state index in [2.05, 4.69) is 0 Å². The molecule has 1 rings (SSSR count). The smallest absolute Gasteiger partial charge is 0.257 e. The lowest BCUT2D eigenvalue weighted by Crippen LogP contribution is -2.51. The minimum Gasteiger partial charge on any atom is -0.257 e. The summed E-state index contributed by atoms with van der Waals surface area (Å²) >= 11 is 3.41. The highest BCUT2D eigenvalue weighted by molar-refractivity contribution is 14.1. The van der Waals surface area contributed by atoms with E-state index in [1.807, 2.05) is 0 Å². The zero-order valence-corrected chi connectivity index (χ0v) is 13.4. The molecule has 1 aliphatic heterocycles. The van der Waals surface area contributed by atoms with E-state index in [1.165, 1.54) is 0 Å². The van der Waals surface area contributed by atoms with Gasteiger partial charge in [0.15, 0.2) is 0 Å². The summed E-state index contributed by atoms with van der Waals surface area (Å²) in [5.74, 6) is 0. The van der Waals surface area contributed by atoms with E-state index in [1.54, 1.807) is 45.2 Å². The molecule has 1 aliphatic rings. The Morgan fingerprint density at radius 3 is 1.88 bits per heavy atom. The topological polar surface area (TPSA) is 54.5 Å². The highest BCUT2D eigenvalue weighted by Crippen LogP contribution is 2.32. The van der Waals surface area contributed by atoms with Crippen LogP contribution < -0.4 is 0 Å².